The molecule has 1 unspecified atom stereocenters. The lowest BCUT2D eigenvalue weighted by Crippen LogP contribution is -2.40. The molecule has 6 aromatic rings. The topological polar surface area (TPSA) is 50.9 Å². The van der Waals surface area contributed by atoms with Crippen molar-refractivity contribution in [3.05, 3.63) is 143 Å². The van der Waals surface area contributed by atoms with E-state index in [1.54, 1.807) is 0 Å². The van der Waals surface area contributed by atoms with Crippen molar-refractivity contribution in [2.24, 2.45) is 14.1 Å². The van der Waals surface area contributed by atoms with Gasteiger partial charge in [0.1, 0.15) is 0 Å². The van der Waals surface area contributed by atoms with Gasteiger partial charge in [0.05, 0.1) is 34.9 Å². The zero-order chi connectivity index (χ0) is 35.5. The number of hydrogen-bond acceptors (Lipinski definition) is 4. The fourth-order valence-corrected chi connectivity index (χ4v) is 6.07. The molecule has 0 aliphatic carbocycles. The summed E-state index contributed by atoms with van der Waals surface area (Å²) in [6, 6.07) is 34.1. The van der Waals surface area contributed by atoms with E-state index in [0.29, 0.717) is 0 Å². The number of rotatable bonds is 8. The SMILES string of the molecule is C.Cc1ccc(-c2cnc(N(C)C(C)(C)c3ccccc3)n2C)cc1C.Cc1ccc(-c2cnc(NC(C)(C)c3ccccc3)n2C)cc1C.P. The fourth-order valence-electron chi connectivity index (χ4n) is 6.07. The molecule has 6 nitrogen and oxygen atoms in total. The van der Waals surface area contributed by atoms with Crippen LogP contribution in [0.4, 0.5) is 11.9 Å². The van der Waals surface area contributed by atoms with Crippen molar-refractivity contribution in [2.45, 2.75) is 73.9 Å². The molecule has 7 heteroatoms. The maximum Gasteiger partial charge on any atom is 0.206 e. The van der Waals surface area contributed by atoms with E-state index in [9.17, 15) is 0 Å². The molecule has 1 N–H and O–H groups in total. The second kappa shape index (κ2) is 16.6. The maximum absolute atomic E-state index is 4.72. The average molecular weight is 703 g/mol. The number of aromatic nitrogens is 4. The number of benzene rings is 4. The van der Waals surface area contributed by atoms with E-state index < -0.39 is 0 Å². The van der Waals surface area contributed by atoms with Crippen LogP contribution in [0.1, 0.15) is 68.5 Å². The lowest BCUT2D eigenvalue weighted by atomic mass is 9.93. The van der Waals surface area contributed by atoms with Gasteiger partial charge >= 0.3 is 0 Å². The Morgan fingerprint density at radius 1 is 0.588 bits per heavy atom. The monoisotopic (exact) mass is 702 g/mol. The first kappa shape index (κ1) is 40.8. The molecule has 1 atom stereocenters. The van der Waals surface area contributed by atoms with Crippen LogP contribution in [0.5, 0.6) is 0 Å². The summed E-state index contributed by atoms with van der Waals surface area (Å²) < 4.78 is 4.30. The van der Waals surface area contributed by atoms with E-state index in [4.69, 9.17) is 4.98 Å². The van der Waals surface area contributed by atoms with Gasteiger partial charge in [-0.2, -0.15) is 9.90 Å². The molecule has 2 aromatic heterocycles. The smallest absolute Gasteiger partial charge is 0.206 e. The van der Waals surface area contributed by atoms with Crippen LogP contribution in [0, 0.1) is 27.7 Å². The number of imidazole rings is 2. The molecule has 0 fully saturated rings. The Bertz CT molecular complexity index is 2020. The fraction of sp³-hybridized carbons (Fsp3) is 0.318. The van der Waals surface area contributed by atoms with Crippen molar-refractivity contribution in [3.63, 3.8) is 0 Å². The number of anilines is 2. The zero-order valence-electron chi connectivity index (χ0n) is 31.8. The van der Waals surface area contributed by atoms with Gasteiger partial charge in [0.25, 0.3) is 0 Å². The van der Waals surface area contributed by atoms with E-state index in [0.717, 1.165) is 23.3 Å². The van der Waals surface area contributed by atoms with Gasteiger partial charge < -0.3 is 19.4 Å². The Labute approximate surface area is 310 Å². The highest BCUT2D eigenvalue weighted by Crippen LogP contribution is 2.33. The van der Waals surface area contributed by atoms with Gasteiger partial charge in [0.2, 0.25) is 11.9 Å². The van der Waals surface area contributed by atoms with E-state index in [2.05, 4.69) is 192 Å². The minimum absolute atomic E-state index is 0. The molecule has 2 heterocycles. The van der Waals surface area contributed by atoms with Crippen molar-refractivity contribution in [1.82, 2.24) is 19.1 Å². The number of nitrogens with zero attached hydrogens (tertiary/aromatic N) is 5. The molecule has 0 radical (unpaired) electrons. The number of hydrogen-bond donors (Lipinski definition) is 1. The van der Waals surface area contributed by atoms with Gasteiger partial charge in [0.15, 0.2) is 0 Å². The van der Waals surface area contributed by atoms with E-state index in [-0.39, 0.29) is 28.4 Å². The molecular formula is C44H59N6P. The lowest BCUT2D eigenvalue weighted by Gasteiger charge is -2.37. The average Bonchev–Trinajstić information content (AvgIpc) is 3.65. The summed E-state index contributed by atoms with van der Waals surface area (Å²) in [5.74, 6) is 1.83. The number of aryl methyl sites for hydroxylation is 4. The highest BCUT2D eigenvalue weighted by Gasteiger charge is 2.29. The Balaban J connectivity index is 0.000000265. The quantitative estimate of drug-likeness (QED) is 0.160. The third-order valence-corrected chi connectivity index (χ3v) is 10.1. The molecule has 0 aliphatic rings. The molecular weight excluding hydrogens is 644 g/mol. The molecule has 4 aromatic carbocycles. The predicted octanol–water partition coefficient (Wildman–Crippen LogP) is 10.8. The first-order valence-corrected chi connectivity index (χ1v) is 17.0. The van der Waals surface area contributed by atoms with Crippen molar-refractivity contribution >= 4 is 21.8 Å². The standard InChI is InChI=1S/C22H27N3.C21H25N3.CH4.H3P/c1-16-12-13-18(14-17(16)2)20-15-23-21(24(20)5)25(6)22(3,4)19-10-8-7-9-11-19;1-15-11-12-17(13-16(15)2)19-14-22-20(24(19)5)23-21(3,4)18-9-7-6-8-10-18;;/h7-15H,1-6H3;6-14H,1-5H3,(H,22,23);1H4;1H3. The molecule has 6 rings (SSSR count). The first-order chi connectivity index (χ1) is 23.2. The predicted molar refractivity (Wildman–Crippen MR) is 225 cm³/mol. The lowest BCUT2D eigenvalue weighted by molar-refractivity contribution is 0.499. The van der Waals surface area contributed by atoms with Crippen molar-refractivity contribution in [3.8, 4) is 22.5 Å². The summed E-state index contributed by atoms with van der Waals surface area (Å²) in [6.45, 7) is 17.4. The molecule has 0 aliphatic heterocycles. The maximum atomic E-state index is 4.72. The highest BCUT2D eigenvalue weighted by molar-refractivity contribution is 6.92. The van der Waals surface area contributed by atoms with E-state index in [1.807, 2.05) is 18.5 Å². The Hall–Kier alpha value is -4.67. The zero-order valence-corrected chi connectivity index (χ0v) is 33.2. The second-order valence-electron chi connectivity index (χ2n) is 14.2. The summed E-state index contributed by atoms with van der Waals surface area (Å²) in [5.41, 5.74) is 12.0. The molecule has 0 amide bonds. The molecule has 0 saturated carbocycles. The van der Waals surface area contributed by atoms with Crippen LogP contribution in [-0.2, 0) is 25.2 Å². The Morgan fingerprint density at radius 3 is 1.53 bits per heavy atom. The first-order valence-electron chi connectivity index (χ1n) is 17.0. The van der Waals surface area contributed by atoms with Gasteiger partial charge in [0, 0.05) is 32.3 Å². The van der Waals surface area contributed by atoms with Gasteiger partial charge in [-0.3, -0.25) is 0 Å². The van der Waals surface area contributed by atoms with Crippen LogP contribution < -0.4 is 10.2 Å². The molecule has 0 spiro atoms. The van der Waals surface area contributed by atoms with Crippen LogP contribution in [0.15, 0.2) is 109 Å². The third-order valence-electron chi connectivity index (χ3n) is 10.1. The van der Waals surface area contributed by atoms with Crippen LogP contribution in [0.2, 0.25) is 0 Å². The van der Waals surface area contributed by atoms with Crippen molar-refractivity contribution < 1.29 is 0 Å². The third kappa shape index (κ3) is 8.80. The Morgan fingerprint density at radius 2 is 1.04 bits per heavy atom. The molecule has 51 heavy (non-hydrogen) atoms. The van der Waals surface area contributed by atoms with E-state index in [1.165, 1.54) is 44.5 Å². The van der Waals surface area contributed by atoms with Crippen LogP contribution in [0.3, 0.4) is 0 Å². The highest BCUT2D eigenvalue weighted by atomic mass is 31.0. The summed E-state index contributed by atoms with van der Waals surface area (Å²) in [6.07, 6.45) is 3.91. The number of nitrogens with one attached hydrogen (secondary N) is 1. The molecule has 0 bridgehead atoms. The normalized spacial score (nSPS) is 11.1. The largest absolute Gasteiger partial charge is 0.347 e. The summed E-state index contributed by atoms with van der Waals surface area (Å²) >= 11 is 0. The minimum Gasteiger partial charge on any atom is -0.347 e. The molecule has 0 saturated heterocycles. The summed E-state index contributed by atoms with van der Waals surface area (Å²) in [7, 11) is 6.25. The molecule has 270 valence electrons. The van der Waals surface area contributed by atoms with Crippen LogP contribution in [-0.4, -0.2) is 26.1 Å². The van der Waals surface area contributed by atoms with Crippen molar-refractivity contribution in [1.29, 1.82) is 0 Å². The Kier molecular flexibility index (Phi) is 13.2. The summed E-state index contributed by atoms with van der Waals surface area (Å²) in [4.78, 5) is 11.6. The van der Waals surface area contributed by atoms with E-state index >= 15 is 0 Å². The van der Waals surface area contributed by atoms with Crippen molar-refractivity contribution in [2.75, 3.05) is 17.3 Å². The van der Waals surface area contributed by atoms with Crippen LogP contribution >= 0.6 is 9.90 Å². The minimum atomic E-state index is -0.194. The van der Waals surface area contributed by atoms with Gasteiger partial charge in [-0.1, -0.05) is 92.4 Å². The van der Waals surface area contributed by atoms with Gasteiger partial charge in [-0.15, -0.1) is 0 Å². The van der Waals surface area contributed by atoms with Crippen LogP contribution in [0.25, 0.3) is 22.5 Å². The second-order valence-corrected chi connectivity index (χ2v) is 14.2. The summed E-state index contributed by atoms with van der Waals surface area (Å²) in [5, 5.41) is 3.57. The van der Waals surface area contributed by atoms with Gasteiger partial charge in [-0.05, 0) is 101 Å². The van der Waals surface area contributed by atoms with Gasteiger partial charge in [-0.25, -0.2) is 9.97 Å².